The molecule has 1 amide bonds. The van der Waals surface area contributed by atoms with Gasteiger partial charge in [0.2, 0.25) is 5.91 Å². The normalized spacial score (nSPS) is 14.9. The van der Waals surface area contributed by atoms with Crippen molar-refractivity contribution in [2.24, 2.45) is 10.8 Å². The van der Waals surface area contributed by atoms with E-state index in [-0.39, 0.29) is 18.3 Å². The van der Waals surface area contributed by atoms with Crippen LogP contribution in [-0.4, -0.2) is 49.6 Å². The number of hydrazine groups is 2. The molecule has 5 N–H and O–H groups in total. The summed E-state index contributed by atoms with van der Waals surface area (Å²) in [6, 6.07) is 16.5. The summed E-state index contributed by atoms with van der Waals surface area (Å²) in [5.41, 5.74) is 13.2. The lowest BCUT2D eigenvalue weighted by atomic mass is 10.1. The van der Waals surface area contributed by atoms with Crippen molar-refractivity contribution in [3.63, 3.8) is 0 Å². The maximum atomic E-state index is 12.6. The molecule has 1 heterocycles. The zero-order valence-electron chi connectivity index (χ0n) is 19.6. The van der Waals surface area contributed by atoms with Crippen LogP contribution < -0.4 is 22.1 Å². The molecule has 0 radical (unpaired) electrons. The fourth-order valence-corrected chi connectivity index (χ4v) is 4.13. The molecule has 0 aliphatic carbocycles. The minimum atomic E-state index is -3.15. The Labute approximate surface area is 200 Å². The van der Waals surface area contributed by atoms with E-state index in [0.29, 0.717) is 24.6 Å². The summed E-state index contributed by atoms with van der Waals surface area (Å²) in [5, 5.41) is 8.96. The molecule has 1 aliphatic heterocycles. The molecule has 2 aromatic carbocycles. The highest BCUT2D eigenvalue weighted by molar-refractivity contribution is 7.89. The lowest BCUT2D eigenvalue weighted by Crippen LogP contribution is -2.58. The molecule has 11 heteroatoms. The molecule has 34 heavy (non-hydrogen) atoms. The van der Waals surface area contributed by atoms with E-state index < -0.39 is 21.4 Å². The molecule has 184 valence electrons. The van der Waals surface area contributed by atoms with Gasteiger partial charge < -0.3 is 15.8 Å². The van der Waals surface area contributed by atoms with Crippen LogP contribution in [0.2, 0.25) is 0 Å². The summed E-state index contributed by atoms with van der Waals surface area (Å²) in [6.07, 6.45) is 1.21. The molecule has 3 rings (SSSR count). The Morgan fingerprint density at radius 3 is 2.50 bits per heavy atom. The fraction of sp³-hybridized carbons (Fsp3) is 0.391. The molecular formula is C23H32N6O4S. The Morgan fingerprint density at radius 2 is 1.82 bits per heavy atom. The predicted molar refractivity (Wildman–Crippen MR) is 131 cm³/mol. The van der Waals surface area contributed by atoms with Gasteiger partial charge >= 0.3 is 0 Å². The summed E-state index contributed by atoms with van der Waals surface area (Å²) >= 11 is 0. The van der Waals surface area contributed by atoms with Gasteiger partial charge in [0, 0.05) is 6.26 Å². The third-order valence-electron chi connectivity index (χ3n) is 4.99. The van der Waals surface area contributed by atoms with Gasteiger partial charge in [0.25, 0.3) is 0 Å². The number of rotatable bonds is 11. The van der Waals surface area contributed by atoms with Crippen LogP contribution in [0, 0.1) is 0 Å². The molecular weight excluding hydrogens is 456 g/mol. The van der Waals surface area contributed by atoms with E-state index >= 15 is 0 Å². The molecule has 2 aromatic rings. The van der Waals surface area contributed by atoms with Crippen LogP contribution in [0.5, 0.6) is 0 Å². The number of hydrogen-bond donors (Lipinski definition) is 4. The van der Waals surface area contributed by atoms with Crippen molar-refractivity contribution in [1.82, 2.24) is 21.4 Å². The van der Waals surface area contributed by atoms with Gasteiger partial charge in [-0.2, -0.15) is 0 Å². The molecule has 0 aromatic heterocycles. The van der Waals surface area contributed by atoms with Gasteiger partial charge in [0.15, 0.2) is 15.7 Å². The average molecular weight is 489 g/mol. The monoisotopic (exact) mass is 488 g/mol. The Morgan fingerprint density at radius 1 is 1.15 bits per heavy atom. The van der Waals surface area contributed by atoms with E-state index in [4.69, 9.17) is 10.5 Å². The third-order valence-corrected chi connectivity index (χ3v) is 5.85. The first-order valence-electron chi connectivity index (χ1n) is 10.8. The first-order valence-corrected chi connectivity index (χ1v) is 12.9. The number of nitrogens with two attached hydrogens (primary N) is 1. The quantitative estimate of drug-likeness (QED) is 0.365. The average Bonchev–Trinajstić information content (AvgIpc) is 3.20. The highest BCUT2D eigenvalue weighted by Crippen LogP contribution is 2.13. The third kappa shape index (κ3) is 7.80. The zero-order chi connectivity index (χ0) is 24.8. The smallest absolute Gasteiger partial charge is 0.240 e. The van der Waals surface area contributed by atoms with E-state index in [0.717, 1.165) is 11.1 Å². The van der Waals surface area contributed by atoms with Crippen LogP contribution in [0.15, 0.2) is 59.7 Å². The number of benzene rings is 2. The van der Waals surface area contributed by atoms with Gasteiger partial charge in [0.1, 0.15) is 6.04 Å². The number of nitrogens with zero attached hydrogens (tertiary/aromatic N) is 2. The number of amides is 1. The van der Waals surface area contributed by atoms with Crippen LogP contribution in [-0.2, 0) is 38.3 Å². The second-order valence-electron chi connectivity index (χ2n) is 8.92. The second-order valence-corrected chi connectivity index (χ2v) is 11.1. The number of nitrogens with one attached hydrogen (secondary N) is 3. The predicted octanol–water partition coefficient (Wildman–Crippen LogP) is 0.808. The zero-order valence-corrected chi connectivity index (χ0v) is 20.4. The Balaban J connectivity index is 1.73. The van der Waals surface area contributed by atoms with Crippen LogP contribution in [0.3, 0.4) is 0 Å². The molecule has 0 unspecified atom stereocenters. The van der Waals surface area contributed by atoms with E-state index in [1.54, 1.807) is 24.9 Å². The van der Waals surface area contributed by atoms with Crippen molar-refractivity contribution in [3.05, 3.63) is 71.3 Å². The molecule has 0 spiro atoms. The largest absolute Gasteiger partial charge is 0.374 e. The first kappa shape index (κ1) is 25.6. The summed E-state index contributed by atoms with van der Waals surface area (Å²) in [5.74, 6) is 0.134. The first-order chi connectivity index (χ1) is 16.0. The number of ether oxygens (including phenoxy) is 1. The fourth-order valence-electron chi connectivity index (χ4n) is 3.34. The van der Waals surface area contributed by atoms with Crippen molar-refractivity contribution >= 4 is 21.6 Å². The summed E-state index contributed by atoms with van der Waals surface area (Å²) in [7, 11) is -3.15. The van der Waals surface area contributed by atoms with E-state index in [1.165, 1.54) is 6.26 Å². The maximum Gasteiger partial charge on any atom is 0.240 e. The van der Waals surface area contributed by atoms with Crippen LogP contribution in [0.25, 0.3) is 0 Å². The number of amidine groups is 1. The van der Waals surface area contributed by atoms with Crippen molar-refractivity contribution in [2.45, 2.75) is 44.3 Å². The number of carbonyl (C=O) groups excluding carboxylic acids is 1. The maximum absolute atomic E-state index is 12.6. The van der Waals surface area contributed by atoms with E-state index in [2.05, 4.69) is 21.5 Å². The Hall–Kier alpha value is -2.99. The number of sulfone groups is 1. The summed E-state index contributed by atoms with van der Waals surface area (Å²) < 4.78 is 29.2. The summed E-state index contributed by atoms with van der Waals surface area (Å²) in [6.45, 7) is 4.18. The minimum absolute atomic E-state index is 0.0367. The Bertz CT molecular complexity index is 1120. The van der Waals surface area contributed by atoms with Gasteiger partial charge in [-0.3, -0.25) is 9.80 Å². The number of hydrazone groups is 1. The molecule has 10 nitrogen and oxygen atoms in total. The van der Waals surface area contributed by atoms with Gasteiger partial charge in [-0.25, -0.2) is 14.0 Å². The molecule has 0 bridgehead atoms. The van der Waals surface area contributed by atoms with Gasteiger partial charge in [-0.05, 0) is 30.5 Å². The van der Waals surface area contributed by atoms with Crippen molar-refractivity contribution < 1.29 is 17.9 Å². The Kier molecular flexibility index (Phi) is 8.26. The standard InChI is InChI=1S/C23H32N6O4S/c1-23(2,24)22(30)25-20(15-33-14-17-8-5-4-6-9-17)21-26-27-28-29(21)13-18-10-7-11-19(12-18)16-34(3,31)32/h4-12,20,27-28H,13-16,24H2,1-3H3,(H,25,30)/t20-/m1/s1. The summed E-state index contributed by atoms with van der Waals surface area (Å²) in [4.78, 5) is 12.6. The van der Waals surface area contributed by atoms with Gasteiger partial charge in [-0.1, -0.05) is 54.6 Å². The van der Waals surface area contributed by atoms with E-state index in [9.17, 15) is 13.2 Å². The topological polar surface area (TPSA) is 138 Å². The van der Waals surface area contributed by atoms with Crippen molar-refractivity contribution in [2.75, 3.05) is 12.9 Å². The molecule has 0 saturated heterocycles. The highest BCUT2D eigenvalue weighted by atomic mass is 32.2. The number of hydrogen-bond acceptors (Lipinski definition) is 9. The minimum Gasteiger partial charge on any atom is -0.374 e. The molecule has 0 fully saturated rings. The highest BCUT2D eigenvalue weighted by Gasteiger charge is 2.31. The SMILES string of the molecule is CC(C)(N)C(=O)N[C@H](COCc1ccccc1)C1=NNNN1Cc1cccc(CS(C)(=O)=O)c1. The van der Waals surface area contributed by atoms with Crippen LogP contribution in [0.4, 0.5) is 0 Å². The second kappa shape index (κ2) is 11.0. The molecule has 1 aliphatic rings. The molecule has 1 atom stereocenters. The van der Waals surface area contributed by atoms with Crippen molar-refractivity contribution in [3.8, 4) is 0 Å². The van der Waals surface area contributed by atoms with Crippen LogP contribution >= 0.6 is 0 Å². The van der Waals surface area contributed by atoms with Gasteiger partial charge in [-0.15, -0.1) is 10.6 Å². The van der Waals surface area contributed by atoms with Crippen LogP contribution in [0.1, 0.15) is 30.5 Å². The molecule has 0 saturated carbocycles. The van der Waals surface area contributed by atoms with Crippen molar-refractivity contribution in [1.29, 1.82) is 0 Å². The van der Waals surface area contributed by atoms with E-state index in [1.807, 2.05) is 48.5 Å². The lowest BCUT2D eigenvalue weighted by Gasteiger charge is -2.28. The lowest BCUT2D eigenvalue weighted by molar-refractivity contribution is -0.126. The van der Waals surface area contributed by atoms with Gasteiger partial charge in [0.05, 0.1) is 31.1 Å². The number of carbonyl (C=O) groups is 1.